The summed E-state index contributed by atoms with van der Waals surface area (Å²) >= 11 is 5.55. The van der Waals surface area contributed by atoms with Crippen molar-refractivity contribution in [3.63, 3.8) is 0 Å². The van der Waals surface area contributed by atoms with Crippen molar-refractivity contribution < 1.29 is 12.8 Å². The standard InChI is InChI=1S/C9H6Cl2FN3O2S/c1-15-8(13-14-9(15)18(11,16)17)5-2-3-6(10)7(12)4-5/h2-4H,1H3. The van der Waals surface area contributed by atoms with Crippen LogP contribution >= 0.6 is 22.3 Å². The van der Waals surface area contributed by atoms with Gasteiger partial charge in [0, 0.05) is 23.3 Å². The number of halogens is 3. The van der Waals surface area contributed by atoms with Crippen molar-refractivity contribution in [2.24, 2.45) is 7.05 Å². The minimum atomic E-state index is -4.00. The zero-order valence-corrected chi connectivity index (χ0v) is 11.3. The zero-order chi connectivity index (χ0) is 13.5. The van der Waals surface area contributed by atoms with Crippen LogP contribution in [0.3, 0.4) is 0 Å². The molecule has 0 saturated carbocycles. The molecule has 1 heterocycles. The van der Waals surface area contributed by atoms with E-state index in [1.165, 1.54) is 19.2 Å². The minimum absolute atomic E-state index is 0.0360. The summed E-state index contributed by atoms with van der Waals surface area (Å²) in [6, 6.07) is 3.98. The molecule has 0 amide bonds. The Bertz CT molecular complexity index is 715. The number of benzene rings is 1. The van der Waals surface area contributed by atoms with Crippen molar-refractivity contribution in [1.29, 1.82) is 0 Å². The summed E-state index contributed by atoms with van der Waals surface area (Å²) in [7, 11) is 2.59. The van der Waals surface area contributed by atoms with Gasteiger partial charge in [0.1, 0.15) is 5.82 Å². The van der Waals surface area contributed by atoms with Crippen molar-refractivity contribution in [3.8, 4) is 11.4 Å². The molecule has 0 unspecified atom stereocenters. The Balaban J connectivity index is 2.59. The average molecular weight is 310 g/mol. The zero-order valence-electron chi connectivity index (χ0n) is 8.93. The number of rotatable bonds is 2. The number of hydrogen-bond donors (Lipinski definition) is 0. The second-order valence-corrected chi connectivity index (χ2v) is 6.30. The Morgan fingerprint density at radius 3 is 2.50 bits per heavy atom. The number of hydrogen-bond acceptors (Lipinski definition) is 4. The molecule has 0 atom stereocenters. The van der Waals surface area contributed by atoms with Crippen LogP contribution in [-0.4, -0.2) is 23.2 Å². The third-order valence-corrected chi connectivity index (χ3v) is 3.74. The quantitative estimate of drug-likeness (QED) is 0.798. The van der Waals surface area contributed by atoms with Gasteiger partial charge < -0.3 is 0 Å². The molecule has 0 saturated heterocycles. The first-order chi connectivity index (χ1) is 8.30. The fourth-order valence-electron chi connectivity index (χ4n) is 1.41. The fourth-order valence-corrected chi connectivity index (χ4v) is 2.49. The largest absolute Gasteiger partial charge is 0.300 e. The van der Waals surface area contributed by atoms with Gasteiger partial charge in [-0.15, -0.1) is 10.2 Å². The van der Waals surface area contributed by atoms with Gasteiger partial charge in [-0.05, 0) is 18.2 Å². The van der Waals surface area contributed by atoms with Gasteiger partial charge >= 0.3 is 0 Å². The normalized spacial score (nSPS) is 11.8. The second-order valence-electron chi connectivity index (χ2n) is 3.43. The summed E-state index contributed by atoms with van der Waals surface area (Å²) in [4.78, 5) is 0. The van der Waals surface area contributed by atoms with Crippen LogP contribution < -0.4 is 0 Å². The molecule has 0 aliphatic heterocycles. The van der Waals surface area contributed by atoms with Crippen LogP contribution in [-0.2, 0) is 16.1 Å². The molecule has 0 aliphatic carbocycles. The second kappa shape index (κ2) is 4.49. The van der Waals surface area contributed by atoms with Crippen molar-refractivity contribution in [1.82, 2.24) is 14.8 Å². The van der Waals surface area contributed by atoms with Gasteiger partial charge in [-0.25, -0.2) is 12.8 Å². The fraction of sp³-hybridized carbons (Fsp3) is 0.111. The van der Waals surface area contributed by atoms with Gasteiger partial charge in [0.25, 0.3) is 14.2 Å². The molecule has 0 spiro atoms. The molecule has 0 radical (unpaired) electrons. The van der Waals surface area contributed by atoms with Crippen molar-refractivity contribution >= 4 is 31.3 Å². The predicted octanol–water partition coefficient (Wildman–Crippen LogP) is 2.20. The minimum Gasteiger partial charge on any atom is -0.300 e. The molecule has 9 heteroatoms. The van der Waals surface area contributed by atoms with Gasteiger partial charge in [0.05, 0.1) is 5.02 Å². The molecule has 0 N–H and O–H groups in total. The summed E-state index contributed by atoms with van der Waals surface area (Å²) in [6.45, 7) is 0. The van der Waals surface area contributed by atoms with Crippen molar-refractivity contribution in [2.75, 3.05) is 0 Å². The average Bonchev–Trinajstić information content (AvgIpc) is 2.64. The van der Waals surface area contributed by atoms with E-state index in [0.717, 1.165) is 10.6 Å². The number of aromatic nitrogens is 3. The molecule has 1 aromatic heterocycles. The lowest BCUT2D eigenvalue weighted by atomic mass is 10.2. The van der Waals surface area contributed by atoms with E-state index in [0.29, 0.717) is 5.56 Å². The lowest BCUT2D eigenvalue weighted by Gasteiger charge is -2.02. The predicted molar refractivity (Wildman–Crippen MR) is 64.4 cm³/mol. The highest BCUT2D eigenvalue weighted by atomic mass is 35.7. The Morgan fingerprint density at radius 2 is 2.00 bits per heavy atom. The van der Waals surface area contributed by atoms with Crippen LogP contribution in [0.2, 0.25) is 5.02 Å². The van der Waals surface area contributed by atoms with E-state index < -0.39 is 20.0 Å². The van der Waals surface area contributed by atoms with Gasteiger partial charge in [-0.2, -0.15) is 0 Å². The molecule has 2 aromatic rings. The van der Waals surface area contributed by atoms with Crippen LogP contribution in [0.5, 0.6) is 0 Å². The molecule has 18 heavy (non-hydrogen) atoms. The Hall–Kier alpha value is -1.18. The molecule has 5 nitrogen and oxygen atoms in total. The van der Waals surface area contributed by atoms with Crippen molar-refractivity contribution in [2.45, 2.75) is 5.16 Å². The molecular weight excluding hydrogens is 304 g/mol. The summed E-state index contributed by atoms with van der Waals surface area (Å²) in [6.07, 6.45) is 0. The van der Waals surface area contributed by atoms with Crippen molar-refractivity contribution in [3.05, 3.63) is 29.0 Å². The highest BCUT2D eigenvalue weighted by molar-refractivity contribution is 8.13. The lowest BCUT2D eigenvalue weighted by Crippen LogP contribution is -2.02. The molecule has 0 aliphatic rings. The lowest BCUT2D eigenvalue weighted by molar-refractivity contribution is 0.593. The third-order valence-electron chi connectivity index (χ3n) is 2.23. The number of nitrogens with zero attached hydrogens (tertiary/aromatic N) is 3. The Kier molecular flexibility index (Phi) is 3.31. The van der Waals surface area contributed by atoms with E-state index in [-0.39, 0.29) is 10.8 Å². The van der Waals surface area contributed by atoms with Crippen LogP contribution in [0.15, 0.2) is 23.4 Å². The van der Waals surface area contributed by atoms with E-state index in [4.69, 9.17) is 22.3 Å². The maximum absolute atomic E-state index is 13.3. The van der Waals surface area contributed by atoms with E-state index in [2.05, 4.69) is 10.2 Å². The highest BCUT2D eigenvalue weighted by Gasteiger charge is 2.21. The smallest absolute Gasteiger partial charge is 0.296 e. The first-order valence-electron chi connectivity index (χ1n) is 4.60. The monoisotopic (exact) mass is 309 g/mol. The van der Waals surface area contributed by atoms with Gasteiger partial charge in [0.2, 0.25) is 0 Å². The van der Waals surface area contributed by atoms with Crippen LogP contribution in [0, 0.1) is 5.82 Å². The summed E-state index contributed by atoms with van der Waals surface area (Å²) < 4.78 is 36.8. The van der Waals surface area contributed by atoms with E-state index in [1.807, 2.05) is 0 Å². The molecule has 0 bridgehead atoms. The maximum Gasteiger partial charge on any atom is 0.296 e. The van der Waals surface area contributed by atoms with Gasteiger partial charge in [-0.3, -0.25) is 4.57 Å². The topological polar surface area (TPSA) is 64.8 Å². The first-order valence-corrected chi connectivity index (χ1v) is 7.29. The summed E-state index contributed by atoms with van der Waals surface area (Å²) in [5, 5.41) is 6.67. The molecule has 1 aromatic carbocycles. The molecule has 96 valence electrons. The van der Waals surface area contributed by atoms with E-state index >= 15 is 0 Å². The maximum atomic E-state index is 13.3. The molecule has 0 fully saturated rings. The van der Waals surface area contributed by atoms with Crippen LogP contribution in [0.1, 0.15) is 0 Å². The first kappa shape index (κ1) is 13.3. The van der Waals surface area contributed by atoms with E-state index in [1.54, 1.807) is 0 Å². The SMILES string of the molecule is Cn1c(-c2ccc(Cl)c(F)c2)nnc1S(=O)(=O)Cl. The van der Waals surface area contributed by atoms with Crippen LogP contribution in [0.25, 0.3) is 11.4 Å². The highest BCUT2D eigenvalue weighted by Crippen LogP contribution is 2.24. The van der Waals surface area contributed by atoms with E-state index in [9.17, 15) is 12.8 Å². The van der Waals surface area contributed by atoms with Gasteiger partial charge in [0.15, 0.2) is 5.82 Å². The van der Waals surface area contributed by atoms with Crippen LogP contribution in [0.4, 0.5) is 4.39 Å². The summed E-state index contributed by atoms with van der Waals surface area (Å²) in [5.41, 5.74) is 0.346. The summed E-state index contributed by atoms with van der Waals surface area (Å²) in [5.74, 6) is -0.461. The molecular formula is C9H6Cl2FN3O2S. The third kappa shape index (κ3) is 2.33. The Labute approximate surface area is 112 Å². The van der Waals surface area contributed by atoms with Gasteiger partial charge in [-0.1, -0.05) is 11.6 Å². The molecule has 2 rings (SSSR count). The Morgan fingerprint density at radius 1 is 1.33 bits per heavy atom.